The molecule has 8 heteroatoms. The fourth-order valence-corrected chi connectivity index (χ4v) is 5.05. The molecule has 0 aliphatic carbocycles. The van der Waals surface area contributed by atoms with E-state index in [1.54, 1.807) is 0 Å². The van der Waals surface area contributed by atoms with Crippen LogP contribution in [0, 0.1) is 0 Å². The first-order valence-electron chi connectivity index (χ1n) is 8.04. The maximum absolute atomic E-state index is 11.9. The van der Waals surface area contributed by atoms with E-state index in [1.807, 2.05) is 0 Å². The van der Waals surface area contributed by atoms with Crippen molar-refractivity contribution < 1.29 is 14.3 Å². The number of H-pyrrole nitrogens is 1. The van der Waals surface area contributed by atoms with Crippen molar-refractivity contribution in [2.75, 3.05) is 6.61 Å². The summed E-state index contributed by atoms with van der Waals surface area (Å²) in [5, 5.41) is 9.57. The number of aliphatic hydroxyl groups is 1. The van der Waals surface area contributed by atoms with Crippen LogP contribution in [-0.4, -0.2) is 41.8 Å². The van der Waals surface area contributed by atoms with Crippen LogP contribution in [0.25, 0.3) is 0 Å². The van der Waals surface area contributed by atoms with Gasteiger partial charge in [-0.05, 0) is 18.6 Å². The topological polar surface area (TPSA) is 93.6 Å². The molecule has 23 heavy (non-hydrogen) atoms. The lowest BCUT2D eigenvalue weighted by atomic mass is 10.2. The first-order valence-corrected chi connectivity index (χ1v) is 11.0. The van der Waals surface area contributed by atoms with E-state index in [4.69, 9.17) is 9.16 Å². The van der Waals surface area contributed by atoms with Gasteiger partial charge < -0.3 is 14.3 Å². The van der Waals surface area contributed by atoms with Crippen molar-refractivity contribution in [1.29, 1.82) is 0 Å². The molecule has 2 N–H and O–H groups in total. The maximum atomic E-state index is 11.9. The van der Waals surface area contributed by atoms with Gasteiger partial charge in [-0.1, -0.05) is 20.3 Å². The summed E-state index contributed by atoms with van der Waals surface area (Å²) < 4.78 is 13.5. The van der Waals surface area contributed by atoms with E-state index in [-0.39, 0.29) is 12.7 Å². The van der Waals surface area contributed by atoms with Gasteiger partial charge in [-0.2, -0.15) is 0 Å². The Bertz CT molecular complexity index is 641. The van der Waals surface area contributed by atoms with Crippen molar-refractivity contribution >= 4 is 8.32 Å². The summed E-state index contributed by atoms with van der Waals surface area (Å²) in [6.07, 6.45) is 1.68. The molecule has 7 nitrogen and oxygen atoms in total. The molecule has 2 rings (SSSR count). The Hall–Kier alpha value is -1.22. The highest BCUT2D eigenvalue weighted by Gasteiger charge is 2.41. The minimum Gasteiger partial charge on any atom is -0.411 e. The molecule has 0 radical (unpaired) electrons. The molecule has 0 aromatic carbocycles. The predicted octanol–water partition coefficient (Wildman–Crippen LogP) is 1.21. The van der Waals surface area contributed by atoms with Crippen LogP contribution in [0.3, 0.4) is 0 Å². The molecule has 0 bridgehead atoms. The third kappa shape index (κ3) is 4.00. The zero-order chi connectivity index (χ0) is 17.2. The summed E-state index contributed by atoms with van der Waals surface area (Å²) in [6.45, 7) is 8.48. The van der Waals surface area contributed by atoms with Crippen molar-refractivity contribution in [3.63, 3.8) is 0 Å². The Balaban J connectivity index is 2.17. The number of nitrogens with one attached hydrogen (secondary N) is 1. The number of aromatic nitrogens is 2. The average Bonchev–Trinajstić information content (AvgIpc) is 2.88. The Morgan fingerprint density at radius 1 is 1.52 bits per heavy atom. The molecule has 0 saturated carbocycles. The van der Waals surface area contributed by atoms with Crippen LogP contribution < -0.4 is 11.2 Å². The largest absolute Gasteiger partial charge is 0.411 e. The van der Waals surface area contributed by atoms with Gasteiger partial charge in [0.15, 0.2) is 8.32 Å². The van der Waals surface area contributed by atoms with Crippen LogP contribution in [-0.2, 0) is 9.16 Å². The van der Waals surface area contributed by atoms with Crippen LogP contribution in [0.5, 0.6) is 0 Å². The van der Waals surface area contributed by atoms with E-state index in [9.17, 15) is 14.7 Å². The molecular formula is C15H26N2O5Si. The molecule has 4 atom stereocenters. The fourth-order valence-electron chi connectivity index (χ4n) is 2.81. The quantitative estimate of drug-likeness (QED) is 0.758. The molecule has 1 fully saturated rings. The summed E-state index contributed by atoms with van der Waals surface area (Å²) in [5.41, 5.74) is -0.476. The maximum Gasteiger partial charge on any atom is 0.330 e. The Kier molecular flexibility index (Phi) is 5.61. The van der Waals surface area contributed by atoms with Crippen LogP contribution >= 0.6 is 0 Å². The number of hydrogen-bond acceptors (Lipinski definition) is 5. The SMILES string of the molecule is CCC(C)[Si](C)(C)O[C@H]1C[C@H](n2ccc(=O)[nH]c2=O)O[C@@H]1CO. The standard InChI is InChI=1S/C15H26N2O5Si/c1-5-10(2)23(3,4)22-11-8-14(21-12(11)9-18)17-7-6-13(19)16-15(17)20/h6-7,10-12,14,18H,5,8-9H2,1-4H3,(H,16,19,20)/t10?,11-,12+,14+/m0/s1. The molecular weight excluding hydrogens is 316 g/mol. The highest BCUT2D eigenvalue weighted by Crippen LogP contribution is 2.35. The van der Waals surface area contributed by atoms with Crippen molar-refractivity contribution in [2.45, 2.75) is 63.8 Å². The normalized spacial score (nSPS) is 26.4. The number of nitrogens with zero attached hydrogens (tertiary/aromatic N) is 1. The molecule has 1 aliphatic rings. The second-order valence-electron chi connectivity index (χ2n) is 6.63. The minimum atomic E-state index is -1.92. The number of aliphatic hydroxyl groups excluding tert-OH is 1. The lowest BCUT2D eigenvalue weighted by Crippen LogP contribution is -2.42. The van der Waals surface area contributed by atoms with E-state index < -0.39 is 31.9 Å². The molecule has 1 aliphatic heterocycles. The van der Waals surface area contributed by atoms with Gasteiger partial charge in [-0.25, -0.2) is 4.79 Å². The van der Waals surface area contributed by atoms with Gasteiger partial charge in [0.05, 0.1) is 12.7 Å². The molecule has 0 spiro atoms. The Labute approximate surface area is 136 Å². The highest BCUT2D eigenvalue weighted by atomic mass is 28.4. The average molecular weight is 342 g/mol. The van der Waals surface area contributed by atoms with Crippen molar-refractivity contribution in [3.05, 3.63) is 33.1 Å². The van der Waals surface area contributed by atoms with Crippen LogP contribution in [0.2, 0.25) is 18.6 Å². The van der Waals surface area contributed by atoms with Gasteiger partial charge in [0.25, 0.3) is 5.56 Å². The van der Waals surface area contributed by atoms with E-state index >= 15 is 0 Å². The molecule has 0 amide bonds. The number of aromatic amines is 1. The first kappa shape index (κ1) is 18.1. The number of rotatable bonds is 6. The third-order valence-corrected chi connectivity index (χ3v) is 8.47. The van der Waals surface area contributed by atoms with Gasteiger partial charge >= 0.3 is 5.69 Å². The smallest absolute Gasteiger partial charge is 0.330 e. The van der Waals surface area contributed by atoms with E-state index in [2.05, 4.69) is 31.9 Å². The zero-order valence-corrected chi connectivity index (χ0v) is 15.1. The second-order valence-corrected chi connectivity index (χ2v) is 11.1. The second kappa shape index (κ2) is 7.12. The van der Waals surface area contributed by atoms with Crippen molar-refractivity contribution in [3.8, 4) is 0 Å². The van der Waals surface area contributed by atoms with Gasteiger partial charge in [0, 0.05) is 18.7 Å². The van der Waals surface area contributed by atoms with E-state index in [1.165, 1.54) is 16.8 Å². The van der Waals surface area contributed by atoms with Crippen molar-refractivity contribution in [2.24, 2.45) is 0 Å². The zero-order valence-electron chi connectivity index (χ0n) is 14.1. The van der Waals surface area contributed by atoms with Crippen molar-refractivity contribution in [1.82, 2.24) is 9.55 Å². The first-order chi connectivity index (χ1) is 10.8. The molecule has 130 valence electrons. The summed E-state index contributed by atoms with van der Waals surface area (Å²) in [7, 11) is -1.92. The fraction of sp³-hybridized carbons (Fsp3) is 0.733. The molecule has 1 aromatic rings. The van der Waals surface area contributed by atoms with E-state index in [0.717, 1.165) is 6.42 Å². The van der Waals surface area contributed by atoms with Crippen LogP contribution in [0.1, 0.15) is 32.9 Å². The van der Waals surface area contributed by atoms with Gasteiger partial charge in [-0.3, -0.25) is 14.3 Å². The summed E-state index contributed by atoms with van der Waals surface area (Å²) >= 11 is 0. The number of hydrogen-bond donors (Lipinski definition) is 2. The lowest BCUT2D eigenvalue weighted by molar-refractivity contribution is -0.0435. The lowest BCUT2D eigenvalue weighted by Gasteiger charge is -2.33. The summed E-state index contributed by atoms with van der Waals surface area (Å²) in [4.78, 5) is 25.3. The Morgan fingerprint density at radius 3 is 2.78 bits per heavy atom. The summed E-state index contributed by atoms with van der Waals surface area (Å²) in [6, 6.07) is 1.28. The van der Waals surface area contributed by atoms with Gasteiger partial charge in [-0.15, -0.1) is 0 Å². The van der Waals surface area contributed by atoms with Crippen LogP contribution in [0.15, 0.2) is 21.9 Å². The van der Waals surface area contributed by atoms with Crippen LogP contribution in [0.4, 0.5) is 0 Å². The minimum absolute atomic E-state index is 0.162. The third-order valence-electron chi connectivity index (χ3n) is 4.78. The molecule has 1 unspecified atom stereocenters. The monoisotopic (exact) mass is 342 g/mol. The molecule has 2 heterocycles. The van der Waals surface area contributed by atoms with Gasteiger partial charge in [0.1, 0.15) is 12.3 Å². The molecule has 1 saturated heterocycles. The highest BCUT2D eigenvalue weighted by molar-refractivity contribution is 6.72. The summed E-state index contributed by atoms with van der Waals surface area (Å²) in [5.74, 6) is 0. The van der Waals surface area contributed by atoms with E-state index in [0.29, 0.717) is 12.0 Å². The number of ether oxygens (including phenoxy) is 1. The Morgan fingerprint density at radius 2 is 2.22 bits per heavy atom. The molecule has 1 aromatic heterocycles. The van der Waals surface area contributed by atoms with Gasteiger partial charge in [0.2, 0.25) is 0 Å². The predicted molar refractivity (Wildman–Crippen MR) is 89.0 cm³/mol.